The zero-order valence-corrected chi connectivity index (χ0v) is 11.8. The summed E-state index contributed by atoms with van der Waals surface area (Å²) in [6.07, 6.45) is 1.29. The van der Waals surface area contributed by atoms with E-state index in [9.17, 15) is 12.8 Å². The largest absolute Gasteiger partial charge is 0.494 e. The molecule has 0 spiro atoms. The van der Waals surface area contributed by atoms with Crippen molar-refractivity contribution in [1.29, 1.82) is 0 Å². The first-order valence-electron chi connectivity index (χ1n) is 5.75. The first-order chi connectivity index (χ1) is 9.96. The number of anilines is 2. The van der Waals surface area contributed by atoms with Gasteiger partial charge in [0.15, 0.2) is 11.6 Å². The highest BCUT2D eigenvalue weighted by Gasteiger charge is 2.16. The molecule has 4 N–H and O–H groups in total. The van der Waals surface area contributed by atoms with Crippen LogP contribution < -0.4 is 20.7 Å². The van der Waals surface area contributed by atoms with E-state index in [0.29, 0.717) is 0 Å². The second-order valence-electron chi connectivity index (χ2n) is 3.98. The van der Waals surface area contributed by atoms with Crippen LogP contribution >= 0.6 is 0 Å². The Hall–Kier alpha value is -2.39. The zero-order valence-electron chi connectivity index (χ0n) is 11.0. The van der Waals surface area contributed by atoms with E-state index in [1.807, 2.05) is 0 Å². The molecule has 21 heavy (non-hydrogen) atoms. The quantitative estimate of drug-likeness (QED) is 0.568. The van der Waals surface area contributed by atoms with E-state index in [4.69, 9.17) is 10.6 Å². The lowest BCUT2D eigenvalue weighted by molar-refractivity contribution is 0.386. The molecular formula is C12H13FN4O3S. The Morgan fingerprint density at radius 1 is 1.29 bits per heavy atom. The molecule has 2 aromatic rings. The maximum atomic E-state index is 13.6. The monoisotopic (exact) mass is 312 g/mol. The summed E-state index contributed by atoms with van der Waals surface area (Å²) < 4.78 is 44.9. The fourth-order valence-electron chi connectivity index (χ4n) is 1.60. The van der Waals surface area contributed by atoms with E-state index in [-0.39, 0.29) is 22.2 Å². The molecule has 0 aliphatic rings. The molecule has 2 rings (SSSR count). The van der Waals surface area contributed by atoms with Gasteiger partial charge in [-0.3, -0.25) is 4.72 Å². The molecule has 7 nitrogen and oxygen atoms in total. The first-order valence-corrected chi connectivity index (χ1v) is 7.23. The number of ether oxygens (including phenoxy) is 1. The number of hydrogen-bond acceptors (Lipinski definition) is 6. The van der Waals surface area contributed by atoms with E-state index >= 15 is 0 Å². The van der Waals surface area contributed by atoms with Crippen molar-refractivity contribution in [3.8, 4) is 5.75 Å². The van der Waals surface area contributed by atoms with Gasteiger partial charge in [-0.2, -0.15) is 0 Å². The fourth-order valence-corrected chi connectivity index (χ4v) is 2.66. The maximum Gasteiger partial charge on any atom is 0.262 e. The van der Waals surface area contributed by atoms with Crippen molar-refractivity contribution < 1.29 is 17.5 Å². The SMILES string of the molecule is COc1ccc(NS(=O)(=O)c2ccnc(NN)c2)cc1F. The summed E-state index contributed by atoms with van der Waals surface area (Å²) >= 11 is 0. The molecule has 0 saturated heterocycles. The van der Waals surface area contributed by atoms with Gasteiger partial charge >= 0.3 is 0 Å². The minimum Gasteiger partial charge on any atom is -0.494 e. The van der Waals surface area contributed by atoms with E-state index in [2.05, 4.69) is 15.1 Å². The van der Waals surface area contributed by atoms with Crippen LogP contribution in [0.4, 0.5) is 15.9 Å². The van der Waals surface area contributed by atoms with Crippen molar-refractivity contribution in [3.05, 3.63) is 42.3 Å². The summed E-state index contributed by atoms with van der Waals surface area (Å²) in [6, 6.07) is 6.29. The lowest BCUT2D eigenvalue weighted by Gasteiger charge is -2.10. The average Bonchev–Trinajstić information content (AvgIpc) is 2.47. The molecular weight excluding hydrogens is 299 g/mol. The van der Waals surface area contributed by atoms with Gasteiger partial charge in [0.05, 0.1) is 17.7 Å². The van der Waals surface area contributed by atoms with Crippen LogP contribution in [0.3, 0.4) is 0 Å². The van der Waals surface area contributed by atoms with Crippen LogP contribution in [0, 0.1) is 5.82 Å². The van der Waals surface area contributed by atoms with Crippen LogP contribution in [0.15, 0.2) is 41.4 Å². The minimum atomic E-state index is -3.88. The molecule has 112 valence electrons. The number of benzene rings is 1. The predicted octanol–water partition coefficient (Wildman–Crippen LogP) is 1.32. The number of pyridine rings is 1. The summed E-state index contributed by atoms with van der Waals surface area (Å²) in [5, 5.41) is 0. The number of nitrogens with two attached hydrogens (primary N) is 1. The topological polar surface area (TPSA) is 106 Å². The normalized spacial score (nSPS) is 11.0. The Kier molecular flexibility index (Phi) is 4.24. The van der Waals surface area contributed by atoms with Gasteiger partial charge in [-0.05, 0) is 18.2 Å². The lowest BCUT2D eigenvalue weighted by Crippen LogP contribution is -2.15. The standard InChI is InChI=1S/C12H13FN4O3S/c1-20-11-3-2-8(6-10(11)13)17-21(18,19)9-4-5-15-12(7-9)16-14/h2-7,17H,14H2,1H3,(H,15,16). The van der Waals surface area contributed by atoms with Crippen molar-refractivity contribution in [2.24, 2.45) is 5.84 Å². The Morgan fingerprint density at radius 3 is 2.67 bits per heavy atom. The Balaban J connectivity index is 2.30. The number of halogens is 1. The average molecular weight is 312 g/mol. The van der Waals surface area contributed by atoms with Gasteiger partial charge in [-0.1, -0.05) is 0 Å². The number of aromatic nitrogens is 1. The molecule has 0 atom stereocenters. The molecule has 0 bridgehead atoms. The second-order valence-corrected chi connectivity index (χ2v) is 5.66. The van der Waals surface area contributed by atoms with Crippen molar-refractivity contribution in [1.82, 2.24) is 4.98 Å². The van der Waals surface area contributed by atoms with Crippen LogP contribution in [0.25, 0.3) is 0 Å². The molecule has 0 aliphatic carbocycles. The molecule has 0 amide bonds. The summed E-state index contributed by atoms with van der Waals surface area (Å²) in [5.74, 6) is 4.72. The van der Waals surface area contributed by atoms with Crippen molar-refractivity contribution in [3.63, 3.8) is 0 Å². The molecule has 0 aliphatic heterocycles. The highest BCUT2D eigenvalue weighted by atomic mass is 32.2. The number of sulfonamides is 1. The minimum absolute atomic E-state index is 0.0245. The smallest absolute Gasteiger partial charge is 0.262 e. The molecule has 1 aromatic carbocycles. The van der Waals surface area contributed by atoms with E-state index in [0.717, 1.165) is 6.07 Å². The number of methoxy groups -OCH3 is 1. The summed E-state index contributed by atoms with van der Waals surface area (Å²) in [5.41, 5.74) is 2.32. The molecule has 1 aromatic heterocycles. The third-order valence-corrected chi connectivity index (χ3v) is 3.97. The third-order valence-electron chi connectivity index (χ3n) is 2.59. The molecule has 0 saturated carbocycles. The molecule has 0 fully saturated rings. The number of nitrogen functional groups attached to an aromatic ring is 1. The molecule has 0 radical (unpaired) electrons. The van der Waals surface area contributed by atoms with Crippen molar-refractivity contribution in [2.45, 2.75) is 4.90 Å². The van der Waals surface area contributed by atoms with Crippen LogP contribution in [0.1, 0.15) is 0 Å². The van der Waals surface area contributed by atoms with E-state index in [1.165, 1.54) is 37.6 Å². The van der Waals surface area contributed by atoms with Gasteiger partial charge in [-0.25, -0.2) is 23.6 Å². The number of nitrogens with one attached hydrogen (secondary N) is 2. The summed E-state index contributed by atoms with van der Waals surface area (Å²) in [4.78, 5) is 3.76. The Bertz CT molecular complexity index is 752. The van der Waals surface area contributed by atoms with Gasteiger partial charge in [0.1, 0.15) is 5.82 Å². The lowest BCUT2D eigenvalue weighted by atomic mass is 10.3. The number of rotatable bonds is 5. The van der Waals surface area contributed by atoms with Gasteiger partial charge in [0.25, 0.3) is 10.0 Å². The summed E-state index contributed by atoms with van der Waals surface area (Å²) in [6.45, 7) is 0. The fraction of sp³-hybridized carbons (Fsp3) is 0.0833. The van der Waals surface area contributed by atoms with Crippen molar-refractivity contribution in [2.75, 3.05) is 17.3 Å². The number of nitrogens with zero attached hydrogens (tertiary/aromatic N) is 1. The van der Waals surface area contributed by atoms with Gasteiger partial charge in [0, 0.05) is 18.3 Å². The van der Waals surface area contributed by atoms with Gasteiger partial charge in [-0.15, -0.1) is 0 Å². The van der Waals surface area contributed by atoms with E-state index in [1.54, 1.807) is 0 Å². The highest BCUT2D eigenvalue weighted by Crippen LogP contribution is 2.23. The van der Waals surface area contributed by atoms with Crippen LogP contribution in [0.5, 0.6) is 5.75 Å². The predicted molar refractivity (Wildman–Crippen MR) is 75.8 cm³/mol. The van der Waals surface area contributed by atoms with Crippen LogP contribution in [-0.2, 0) is 10.0 Å². The Morgan fingerprint density at radius 2 is 2.05 bits per heavy atom. The van der Waals surface area contributed by atoms with Crippen LogP contribution in [0.2, 0.25) is 0 Å². The second kappa shape index (κ2) is 5.94. The third kappa shape index (κ3) is 3.38. The zero-order chi connectivity index (χ0) is 15.5. The highest BCUT2D eigenvalue weighted by molar-refractivity contribution is 7.92. The van der Waals surface area contributed by atoms with Crippen molar-refractivity contribution >= 4 is 21.5 Å². The maximum absolute atomic E-state index is 13.6. The van der Waals surface area contributed by atoms with Gasteiger partial charge < -0.3 is 10.2 Å². The molecule has 1 heterocycles. The van der Waals surface area contributed by atoms with E-state index < -0.39 is 15.8 Å². The first kappa shape index (κ1) is 15.0. The van der Waals surface area contributed by atoms with Gasteiger partial charge in [0.2, 0.25) is 0 Å². The number of hydrazine groups is 1. The Labute approximate surface area is 121 Å². The number of hydrogen-bond donors (Lipinski definition) is 3. The molecule has 9 heteroatoms. The molecule has 0 unspecified atom stereocenters. The van der Waals surface area contributed by atoms with Crippen LogP contribution in [-0.4, -0.2) is 20.5 Å². The summed E-state index contributed by atoms with van der Waals surface area (Å²) in [7, 11) is -2.56.